The van der Waals surface area contributed by atoms with Gasteiger partial charge in [0.25, 0.3) is 0 Å². The number of nitrogens with zero attached hydrogens (tertiary/aromatic N) is 3. The van der Waals surface area contributed by atoms with Crippen LogP contribution in [0, 0.1) is 20.8 Å². The molecule has 4 nitrogen and oxygen atoms in total. The molecule has 0 radical (unpaired) electrons. The summed E-state index contributed by atoms with van der Waals surface area (Å²) in [6.45, 7) is 14.4. The second kappa shape index (κ2) is 5.98. The van der Waals surface area contributed by atoms with E-state index < -0.39 is 0 Å². The van der Waals surface area contributed by atoms with E-state index in [1.54, 1.807) is 0 Å². The molecule has 0 aliphatic carbocycles. The molecule has 0 aliphatic heterocycles. The van der Waals surface area contributed by atoms with Crippen molar-refractivity contribution in [1.82, 2.24) is 20.3 Å². The molecular formula is C17H26N4. The van der Waals surface area contributed by atoms with Crippen molar-refractivity contribution in [2.24, 2.45) is 0 Å². The van der Waals surface area contributed by atoms with Crippen LogP contribution < -0.4 is 5.32 Å². The summed E-state index contributed by atoms with van der Waals surface area (Å²) >= 11 is 0. The third kappa shape index (κ3) is 4.39. The van der Waals surface area contributed by atoms with E-state index in [1.807, 2.05) is 10.9 Å². The maximum atomic E-state index is 4.24. The Balaban J connectivity index is 2.10. The highest BCUT2D eigenvalue weighted by Gasteiger charge is 2.11. The van der Waals surface area contributed by atoms with Gasteiger partial charge in [-0.1, -0.05) is 22.9 Å². The van der Waals surface area contributed by atoms with Crippen molar-refractivity contribution in [3.63, 3.8) is 0 Å². The molecule has 114 valence electrons. The van der Waals surface area contributed by atoms with Crippen LogP contribution in [0.3, 0.4) is 0 Å². The van der Waals surface area contributed by atoms with E-state index >= 15 is 0 Å². The van der Waals surface area contributed by atoms with Gasteiger partial charge in [0.1, 0.15) is 0 Å². The van der Waals surface area contributed by atoms with Crippen molar-refractivity contribution < 1.29 is 0 Å². The Bertz CT molecular complexity index is 597. The lowest BCUT2D eigenvalue weighted by atomic mass is 10.00. The van der Waals surface area contributed by atoms with Crippen LogP contribution in [0.2, 0.25) is 0 Å². The van der Waals surface area contributed by atoms with Gasteiger partial charge >= 0.3 is 0 Å². The summed E-state index contributed by atoms with van der Waals surface area (Å²) in [4.78, 5) is 0. The molecule has 0 saturated heterocycles. The summed E-state index contributed by atoms with van der Waals surface area (Å²) in [5, 5.41) is 11.9. The maximum absolute atomic E-state index is 4.24. The highest BCUT2D eigenvalue weighted by atomic mass is 15.4. The lowest BCUT2D eigenvalue weighted by molar-refractivity contribution is 0.421. The normalized spacial score (nSPS) is 11.9. The zero-order valence-corrected chi connectivity index (χ0v) is 14.0. The molecule has 0 amide bonds. The molecular weight excluding hydrogens is 260 g/mol. The van der Waals surface area contributed by atoms with Crippen molar-refractivity contribution in [2.45, 2.75) is 60.2 Å². The molecule has 1 N–H and O–H groups in total. The van der Waals surface area contributed by atoms with Gasteiger partial charge in [-0.2, -0.15) is 0 Å². The highest BCUT2D eigenvalue weighted by Crippen LogP contribution is 2.17. The lowest BCUT2D eigenvalue weighted by Crippen LogP contribution is -2.35. The van der Waals surface area contributed by atoms with Crippen molar-refractivity contribution in [3.05, 3.63) is 46.3 Å². The number of aromatic nitrogens is 3. The monoisotopic (exact) mass is 286 g/mol. The van der Waals surface area contributed by atoms with Gasteiger partial charge in [-0.05, 0) is 58.2 Å². The first-order valence-corrected chi connectivity index (χ1v) is 7.45. The standard InChI is InChI=1S/C17H26N4/c1-12-7-13(2)16(14(3)8-12)11-21-10-15(19-20-21)9-18-17(4,5)6/h7-8,10,18H,9,11H2,1-6H3. The predicted molar refractivity (Wildman–Crippen MR) is 86.4 cm³/mol. The summed E-state index contributed by atoms with van der Waals surface area (Å²) in [5.74, 6) is 0. The summed E-state index contributed by atoms with van der Waals surface area (Å²) in [5.41, 5.74) is 6.35. The number of hydrogen-bond acceptors (Lipinski definition) is 3. The van der Waals surface area contributed by atoms with Gasteiger partial charge in [0.15, 0.2) is 0 Å². The first kappa shape index (κ1) is 15.7. The molecule has 0 saturated carbocycles. The molecule has 0 fully saturated rings. The summed E-state index contributed by atoms with van der Waals surface area (Å²) in [6.07, 6.45) is 2.03. The van der Waals surface area contributed by atoms with Crippen LogP contribution in [-0.4, -0.2) is 20.5 Å². The van der Waals surface area contributed by atoms with Gasteiger partial charge in [0.2, 0.25) is 0 Å². The second-order valence-corrected chi connectivity index (χ2v) is 6.89. The highest BCUT2D eigenvalue weighted by molar-refractivity contribution is 5.37. The number of aryl methyl sites for hydroxylation is 3. The van der Waals surface area contributed by atoms with Crippen LogP contribution in [-0.2, 0) is 13.1 Å². The SMILES string of the molecule is Cc1cc(C)c(Cn2cc(CNC(C)(C)C)nn2)c(C)c1. The summed E-state index contributed by atoms with van der Waals surface area (Å²) in [6, 6.07) is 4.45. The fraction of sp³-hybridized carbons (Fsp3) is 0.529. The molecule has 2 aromatic rings. The smallest absolute Gasteiger partial charge is 0.0965 e. The molecule has 1 aromatic carbocycles. The fourth-order valence-corrected chi connectivity index (χ4v) is 2.47. The van der Waals surface area contributed by atoms with Gasteiger partial charge in [0.05, 0.1) is 18.4 Å². The van der Waals surface area contributed by atoms with Crippen molar-refractivity contribution in [1.29, 1.82) is 0 Å². The largest absolute Gasteiger partial charge is 0.306 e. The van der Waals surface area contributed by atoms with E-state index in [0.717, 1.165) is 18.8 Å². The van der Waals surface area contributed by atoms with Crippen LogP contribution in [0.25, 0.3) is 0 Å². The molecule has 0 unspecified atom stereocenters. The average molecular weight is 286 g/mol. The van der Waals surface area contributed by atoms with Crippen molar-refractivity contribution >= 4 is 0 Å². The van der Waals surface area contributed by atoms with E-state index in [4.69, 9.17) is 0 Å². The molecule has 4 heteroatoms. The van der Waals surface area contributed by atoms with Crippen LogP contribution in [0.15, 0.2) is 18.3 Å². The van der Waals surface area contributed by atoms with E-state index in [9.17, 15) is 0 Å². The molecule has 0 bridgehead atoms. The van der Waals surface area contributed by atoms with Crippen LogP contribution in [0.1, 0.15) is 48.7 Å². The van der Waals surface area contributed by atoms with E-state index in [0.29, 0.717) is 0 Å². The Morgan fingerprint density at radius 3 is 2.29 bits per heavy atom. The summed E-state index contributed by atoms with van der Waals surface area (Å²) in [7, 11) is 0. The minimum atomic E-state index is 0.0912. The molecule has 2 rings (SSSR count). The zero-order valence-electron chi connectivity index (χ0n) is 14.0. The molecule has 0 atom stereocenters. The van der Waals surface area contributed by atoms with Gasteiger partial charge < -0.3 is 5.32 Å². The molecule has 21 heavy (non-hydrogen) atoms. The van der Waals surface area contributed by atoms with Crippen molar-refractivity contribution in [2.75, 3.05) is 0 Å². The second-order valence-electron chi connectivity index (χ2n) is 6.89. The number of benzene rings is 1. The van der Waals surface area contributed by atoms with Crippen LogP contribution >= 0.6 is 0 Å². The van der Waals surface area contributed by atoms with Gasteiger partial charge in [-0.25, -0.2) is 4.68 Å². The zero-order chi connectivity index (χ0) is 15.6. The Hall–Kier alpha value is -1.68. The first-order valence-electron chi connectivity index (χ1n) is 7.45. The molecule has 1 aromatic heterocycles. The molecule has 0 aliphatic rings. The predicted octanol–water partition coefficient (Wildman–Crippen LogP) is 3.14. The van der Waals surface area contributed by atoms with Crippen LogP contribution in [0.4, 0.5) is 0 Å². The third-order valence-corrected chi connectivity index (χ3v) is 3.55. The minimum Gasteiger partial charge on any atom is -0.306 e. The Kier molecular flexibility index (Phi) is 4.47. The van der Waals surface area contributed by atoms with Crippen LogP contribution in [0.5, 0.6) is 0 Å². The fourth-order valence-electron chi connectivity index (χ4n) is 2.47. The Morgan fingerprint density at radius 2 is 1.71 bits per heavy atom. The van der Waals surface area contributed by atoms with Gasteiger partial charge in [0, 0.05) is 12.1 Å². The molecule has 0 spiro atoms. The minimum absolute atomic E-state index is 0.0912. The first-order chi connectivity index (χ1) is 9.74. The number of nitrogens with one attached hydrogen (secondary N) is 1. The average Bonchev–Trinajstić information content (AvgIpc) is 2.78. The van der Waals surface area contributed by atoms with Gasteiger partial charge in [-0.15, -0.1) is 5.10 Å². The topological polar surface area (TPSA) is 42.7 Å². The van der Waals surface area contributed by atoms with E-state index in [2.05, 4.69) is 69.3 Å². The number of rotatable bonds is 4. The maximum Gasteiger partial charge on any atom is 0.0965 e. The number of hydrogen-bond donors (Lipinski definition) is 1. The summed E-state index contributed by atoms with van der Waals surface area (Å²) < 4.78 is 1.92. The Morgan fingerprint density at radius 1 is 1.10 bits per heavy atom. The quantitative estimate of drug-likeness (QED) is 0.939. The van der Waals surface area contributed by atoms with E-state index in [1.165, 1.54) is 22.3 Å². The Labute approximate surface area is 127 Å². The lowest BCUT2D eigenvalue weighted by Gasteiger charge is -2.19. The van der Waals surface area contributed by atoms with E-state index in [-0.39, 0.29) is 5.54 Å². The van der Waals surface area contributed by atoms with Gasteiger partial charge in [-0.3, -0.25) is 0 Å². The molecule has 1 heterocycles. The third-order valence-electron chi connectivity index (χ3n) is 3.55. The van der Waals surface area contributed by atoms with Crippen molar-refractivity contribution in [3.8, 4) is 0 Å².